The van der Waals surface area contributed by atoms with E-state index in [0.29, 0.717) is 83.1 Å². The second kappa shape index (κ2) is 10.5. The predicted octanol–water partition coefficient (Wildman–Crippen LogP) is 7.21. The van der Waals surface area contributed by atoms with Crippen LogP contribution in [0.25, 0.3) is 33.4 Å². The summed E-state index contributed by atoms with van der Waals surface area (Å²) >= 11 is 6.49. The lowest BCUT2D eigenvalue weighted by molar-refractivity contribution is 0.446. The van der Waals surface area contributed by atoms with Crippen LogP contribution < -0.4 is 0 Å². The van der Waals surface area contributed by atoms with Crippen molar-refractivity contribution < 1.29 is 10.2 Å². The molecule has 4 aromatic heterocycles. The Kier molecular flexibility index (Phi) is 6.43. The lowest BCUT2D eigenvalue weighted by atomic mass is 10.1. The number of nitriles is 2. The van der Waals surface area contributed by atoms with E-state index < -0.39 is 0 Å². The number of hydrogen-bond acceptors (Lipinski definition) is 8. The molecule has 0 aliphatic heterocycles. The molecule has 0 aliphatic rings. The Morgan fingerprint density at radius 2 is 1.22 bits per heavy atom. The highest BCUT2D eigenvalue weighted by Gasteiger charge is 2.21. The summed E-state index contributed by atoms with van der Waals surface area (Å²) in [6.07, 6.45) is 2.95. The van der Waals surface area contributed by atoms with Crippen LogP contribution in [-0.4, -0.2) is 41.4 Å². The molecule has 7 rings (SSSR count). The van der Waals surface area contributed by atoms with E-state index in [4.69, 9.17) is 11.6 Å². The fourth-order valence-corrected chi connectivity index (χ4v) is 5.69. The van der Waals surface area contributed by atoms with Crippen molar-refractivity contribution in [1.29, 1.82) is 10.5 Å². The second-order valence-corrected chi connectivity index (χ2v) is 10.8. The summed E-state index contributed by atoms with van der Waals surface area (Å²) < 4.78 is 3.08. The van der Waals surface area contributed by atoms with Crippen LogP contribution in [0, 0.1) is 36.5 Å². The normalized spacial score (nSPS) is 11.8. The standard InChI is InChI=1S/C34H21ClN8O2/c1-18-21(14-36)31-40-26-7-3-5-9-29(26)42(31)33(44)23(18)16-38-20-11-12-25(35)28(13-20)39-17-24-19(2)22(15-37)32-41-27-8-4-6-10-30(27)43(32)34(24)45/h3-13,16-17,44-45H,1-2H3. The first-order valence-electron chi connectivity index (χ1n) is 13.8. The Morgan fingerprint density at radius 1 is 0.733 bits per heavy atom. The van der Waals surface area contributed by atoms with Crippen LogP contribution in [-0.2, 0) is 0 Å². The van der Waals surface area contributed by atoms with Gasteiger partial charge in [-0.15, -0.1) is 0 Å². The number of aromatic hydroxyl groups is 2. The Hall–Kier alpha value is -6.23. The van der Waals surface area contributed by atoms with Crippen molar-refractivity contribution in [3.05, 3.63) is 105 Å². The number of hydrogen-bond donors (Lipinski definition) is 2. The van der Waals surface area contributed by atoms with Crippen LogP contribution in [0.2, 0.25) is 5.02 Å². The quantitative estimate of drug-likeness (QED) is 0.202. The summed E-state index contributed by atoms with van der Waals surface area (Å²) in [5.74, 6) is -0.196. The first-order valence-corrected chi connectivity index (χ1v) is 14.1. The van der Waals surface area contributed by atoms with E-state index in [1.165, 1.54) is 16.8 Å². The second-order valence-electron chi connectivity index (χ2n) is 10.4. The van der Waals surface area contributed by atoms with E-state index >= 15 is 0 Å². The number of aliphatic imine (C=N–C) groups is 2. The summed E-state index contributed by atoms with van der Waals surface area (Å²) in [5.41, 5.74) is 6.64. The Labute approximate surface area is 260 Å². The van der Waals surface area contributed by atoms with Gasteiger partial charge in [-0.05, 0) is 67.4 Å². The van der Waals surface area contributed by atoms with E-state index in [1.54, 1.807) is 36.4 Å². The van der Waals surface area contributed by atoms with Crippen molar-refractivity contribution >= 4 is 68.8 Å². The van der Waals surface area contributed by atoms with E-state index in [0.717, 1.165) is 0 Å². The van der Waals surface area contributed by atoms with Gasteiger partial charge in [-0.2, -0.15) is 10.5 Å². The zero-order valence-corrected chi connectivity index (χ0v) is 24.6. The largest absolute Gasteiger partial charge is 0.494 e. The Morgan fingerprint density at radius 3 is 1.73 bits per heavy atom. The van der Waals surface area contributed by atoms with Crippen LogP contribution >= 0.6 is 11.6 Å². The molecule has 0 saturated heterocycles. The van der Waals surface area contributed by atoms with Crippen molar-refractivity contribution in [3.8, 4) is 23.9 Å². The van der Waals surface area contributed by atoms with Crippen molar-refractivity contribution in [2.75, 3.05) is 0 Å². The van der Waals surface area contributed by atoms with Gasteiger partial charge in [0.15, 0.2) is 11.3 Å². The number of para-hydroxylation sites is 4. The van der Waals surface area contributed by atoms with Crippen LogP contribution in [0.15, 0.2) is 76.7 Å². The maximum absolute atomic E-state index is 11.3. The predicted molar refractivity (Wildman–Crippen MR) is 174 cm³/mol. The molecular weight excluding hydrogens is 588 g/mol. The molecule has 0 unspecified atom stereocenters. The first-order chi connectivity index (χ1) is 21.8. The number of imidazole rings is 2. The molecular formula is C34H21ClN8O2. The average Bonchev–Trinajstić information content (AvgIpc) is 3.62. The van der Waals surface area contributed by atoms with Crippen LogP contribution in [0.3, 0.4) is 0 Å². The van der Waals surface area contributed by atoms with Gasteiger partial charge in [0.25, 0.3) is 0 Å². The van der Waals surface area contributed by atoms with Gasteiger partial charge in [0.05, 0.1) is 60.7 Å². The number of benzene rings is 3. The summed E-state index contributed by atoms with van der Waals surface area (Å²) in [7, 11) is 0. The molecule has 0 aliphatic carbocycles. The highest BCUT2D eigenvalue weighted by Crippen LogP contribution is 2.34. The minimum atomic E-state index is -0.106. The minimum absolute atomic E-state index is 0.0900. The van der Waals surface area contributed by atoms with E-state index in [9.17, 15) is 20.7 Å². The van der Waals surface area contributed by atoms with Crippen molar-refractivity contribution in [3.63, 3.8) is 0 Å². The van der Waals surface area contributed by atoms with E-state index in [-0.39, 0.29) is 11.8 Å². The molecule has 0 radical (unpaired) electrons. The van der Waals surface area contributed by atoms with Crippen molar-refractivity contribution in [2.45, 2.75) is 13.8 Å². The molecule has 0 amide bonds. The van der Waals surface area contributed by atoms with Gasteiger partial charge in [-0.25, -0.2) is 9.97 Å². The fourth-order valence-electron chi connectivity index (χ4n) is 5.53. The molecule has 11 heteroatoms. The number of rotatable bonds is 4. The van der Waals surface area contributed by atoms with E-state index in [2.05, 4.69) is 32.1 Å². The van der Waals surface area contributed by atoms with Crippen LogP contribution in [0.4, 0.5) is 11.4 Å². The molecule has 3 aromatic carbocycles. The lowest BCUT2D eigenvalue weighted by Crippen LogP contribution is -2.01. The number of fused-ring (bicyclic) bond motifs is 6. The van der Waals surface area contributed by atoms with Gasteiger partial charge in [-0.1, -0.05) is 35.9 Å². The summed E-state index contributed by atoms with van der Waals surface area (Å²) in [6, 6.07) is 24.0. The third kappa shape index (κ3) is 4.24. The SMILES string of the molecule is Cc1c(C=Nc2ccc(Cl)c(N=Cc3c(C)c(C#N)c4nc5ccccc5n4c3O)c2)c(O)n2c(nc3ccccc32)c1C#N. The smallest absolute Gasteiger partial charge is 0.206 e. The monoisotopic (exact) mass is 608 g/mol. The molecule has 45 heavy (non-hydrogen) atoms. The first kappa shape index (κ1) is 27.6. The third-order valence-corrected chi connectivity index (χ3v) is 8.18. The number of halogens is 1. The minimum Gasteiger partial charge on any atom is -0.494 e. The molecule has 0 fully saturated rings. The fraction of sp³-hybridized carbons (Fsp3) is 0.0588. The van der Waals surface area contributed by atoms with Crippen molar-refractivity contribution in [2.24, 2.45) is 9.98 Å². The number of nitrogens with zero attached hydrogens (tertiary/aromatic N) is 8. The van der Waals surface area contributed by atoms with Gasteiger partial charge in [0.2, 0.25) is 11.8 Å². The maximum Gasteiger partial charge on any atom is 0.206 e. The summed E-state index contributed by atoms with van der Waals surface area (Å²) in [5, 5.41) is 42.8. The number of aromatic nitrogens is 4. The molecule has 0 bridgehead atoms. The molecule has 4 heterocycles. The van der Waals surface area contributed by atoms with Crippen molar-refractivity contribution in [1.82, 2.24) is 18.8 Å². The Balaban J connectivity index is 1.31. The zero-order chi connectivity index (χ0) is 31.4. The molecule has 0 atom stereocenters. The molecule has 216 valence electrons. The van der Waals surface area contributed by atoms with Gasteiger partial charge in [0, 0.05) is 12.4 Å². The van der Waals surface area contributed by atoms with Crippen LogP contribution in [0.5, 0.6) is 11.8 Å². The molecule has 0 spiro atoms. The summed E-state index contributed by atoms with van der Waals surface area (Å²) in [4.78, 5) is 18.2. The van der Waals surface area contributed by atoms with Crippen LogP contribution in [0.1, 0.15) is 33.4 Å². The van der Waals surface area contributed by atoms with Gasteiger partial charge >= 0.3 is 0 Å². The van der Waals surface area contributed by atoms with Gasteiger partial charge in [-0.3, -0.25) is 18.8 Å². The molecule has 10 nitrogen and oxygen atoms in total. The highest BCUT2D eigenvalue weighted by molar-refractivity contribution is 6.33. The average molecular weight is 609 g/mol. The summed E-state index contributed by atoms with van der Waals surface area (Å²) in [6.45, 7) is 3.47. The highest BCUT2D eigenvalue weighted by atomic mass is 35.5. The van der Waals surface area contributed by atoms with Gasteiger partial charge in [0.1, 0.15) is 12.1 Å². The van der Waals surface area contributed by atoms with Gasteiger partial charge < -0.3 is 10.2 Å². The topological polar surface area (TPSA) is 147 Å². The number of pyridine rings is 2. The lowest BCUT2D eigenvalue weighted by Gasteiger charge is -2.10. The van der Waals surface area contributed by atoms with E-state index in [1.807, 2.05) is 48.5 Å². The zero-order valence-electron chi connectivity index (χ0n) is 23.9. The molecule has 2 N–H and O–H groups in total. The molecule has 0 saturated carbocycles. The maximum atomic E-state index is 11.3. The third-order valence-electron chi connectivity index (χ3n) is 7.86. The Bertz CT molecular complexity index is 2530. The molecule has 7 aromatic rings.